The fourth-order valence-electron chi connectivity index (χ4n) is 4.59. The van der Waals surface area contributed by atoms with Crippen molar-refractivity contribution >= 4 is 17.7 Å². The molecule has 1 unspecified atom stereocenters. The second kappa shape index (κ2) is 11.6. The number of aromatic nitrogens is 2. The predicted molar refractivity (Wildman–Crippen MR) is 133 cm³/mol. The molecule has 10 nitrogen and oxygen atoms in total. The van der Waals surface area contributed by atoms with Gasteiger partial charge < -0.3 is 25.2 Å². The quantitative estimate of drug-likeness (QED) is 0.358. The van der Waals surface area contributed by atoms with E-state index in [9.17, 15) is 19.5 Å². The number of nitrogens with zero attached hydrogens (tertiary/aromatic N) is 2. The van der Waals surface area contributed by atoms with Gasteiger partial charge in [0, 0.05) is 37.9 Å². The van der Waals surface area contributed by atoms with Crippen LogP contribution in [0.3, 0.4) is 0 Å². The number of unbranched alkanes of at least 4 members (excludes halogenated alkanes) is 1. The number of ether oxygens (including phenoxy) is 2. The van der Waals surface area contributed by atoms with Crippen molar-refractivity contribution in [3.05, 3.63) is 51.9 Å². The van der Waals surface area contributed by atoms with Crippen LogP contribution in [0.25, 0.3) is 0 Å². The van der Waals surface area contributed by atoms with Gasteiger partial charge >= 0.3 is 5.97 Å². The molecule has 194 valence electrons. The number of methoxy groups -OCH3 is 1. The minimum Gasteiger partial charge on any atom is -0.482 e. The predicted octanol–water partition coefficient (Wildman–Crippen LogP) is 2.10. The summed E-state index contributed by atoms with van der Waals surface area (Å²) in [7, 11) is 1.43. The minimum absolute atomic E-state index is 0.135. The van der Waals surface area contributed by atoms with E-state index in [1.165, 1.54) is 23.3 Å². The van der Waals surface area contributed by atoms with Crippen LogP contribution in [0.15, 0.2) is 35.1 Å². The van der Waals surface area contributed by atoms with Crippen LogP contribution in [0.5, 0.6) is 5.88 Å². The lowest BCUT2D eigenvalue weighted by Crippen LogP contribution is -2.50. The molecule has 2 aromatic heterocycles. The highest BCUT2D eigenvalue weighted by Gasteiger charge is 2.54. The van der Waals surface area contributed by atoms with Crippen molar-refractivity contribution < 1.29 is 24.2 Å². The first-order valence-electron chi connectivity index (χ1n) is 12.6. The Kier molecular flexibility index (Phi) is 8.25. The number of carboxylic acid groups (broad SMARTS) is 1. The molecule has 1 atom stereocenters. The van der Waals surface area contributed by atoms with Gasteiger partial charge in [-0.1, -0.05) is 12.1 Å². The average Bonchev–Trinajstić information content (AvgIpc) is 3.68. The second-order valence-electron chi connectivity index (χ2n) is 9.34. The third-order valence-corrected chi connectivity index (χ3v) is 6.78. The Labute approximate surface area is 210 Å². The SMILES string of the molecule is COc1cccc(=O)n1C1(C(=O)NC(CCOCCCCc2ccc3c(n2)NCCC3)C(=O)O)CC1. The van der Waals surface area contributed by atoms with Gasteiger partial charge in [0.2, 0.25) is 5.91 Å². The van der Waals surface area contributed by atoms with E-state index < -0.39 is 23.5 Å². The molecule has 2 aliphatic rings. The molecule has 3 N–H and O–H groups in total. The standard InChI is InChI=1S/C26H34N4O6/c1-35-22-9-4-8-21(31)30(22)26(13-14-26)25(34)29-20(24(32)33)12-17-36-16-3-2-7-19-11-10-18-6-5-15-27-23(18)28-19/h4,8-11,20H,2-3,5-7,12-17H2,1H3,(H,27,28)(H,29,34)(H,32,33). The van der Waals surface area contributed by atoms with Gasteiger partial charge in [0.15, 0.2) is 5.88 Å². The summed E-state index contributed by atoms with van der Waals surface area (Å²) < 4.78 is 12.2. The summed E-state index contributed by atoms with van der Waals surface area (Å²) in [5.74, 6) is -0.358. The lowest BCUT2D eigenvalue weighted by atomic mass is 10.1. The highest BCUT2D eigenvalue weighted by Crippen LogP contribution is 2.45. The molecule has 2 aromatic rings. The number of aliphatic carboxylic acids is 1. The highest BCUT2D eigenvalue weighted by atomic mass is 16.5. The van der Waals surface area contributed by atoms with Crippen LogP contribution in [0.2, 0.25) is 0 Å². The number of carbonyl (C=O) groups excluding carboxylic acids is 1. The van der Waals surface area contributed by atoms with E-state index in [1.807, 2.05) is 0 Å². The molecule has 4 rings (SSSR count). The summed E-state index contributed by atoms with van der Waals surface area (Å²) in [6.07, 6.45) is 5.83. The van der Waals surface area contributed by atoms with Gasteiger partial charge in [-0.05, 0) is 62.6 Å². The fourth-order valence-corrected chi connectivity index (χ4v) is 4.59. The number of hydrogen-bond acceptors (Lipinski definition) is 7. The number of rotatable bonds is 13. The fraction of sp³-hybridized carbons (Fsp3) is 0.538. The summed E-state index contributed by atoms with van der Waals surface area (Å²) in [5, 5.41) is 15.6. The number of nitrogens with one attached hydrogen (secondary N) is 2. The van der Waals surface area contributed by atoms with Crippen LogP contribution in [-0.4, -0.2) is 59.4 Å². The van der Waals surface area contributed by atoms with E-state index in [1.54, 1.807) is 12.1 Å². The van der Waals surface area contributed by atoms with Crippen molar-refractivity contribution in [3.63, 3.8) is 0 Å². The maximum atomic E-state index is 13.0. The number of hydrogen-bond donors (Lipinski definition) is 3. The Morgan fingerprint density at radius 1 is 1.22 bits per heavy atom. The third-order valence-electron chi connectivity index (χ3n) is 6.78. The molecule has 0 radical (unpaired) electrons. The maximum Gasteiger partial charge on any atom is 0.326 e. The third kappa shape index (κ3) is 5.87. The molecule has 36 heavy (non-hydrogen) atoms. The molecule has 0 bridgehead atoms. The Morgan fingerprint density at radius 3 is 2.81 bits per heavy atom. The van der Waals surface area contributed by atoms with Gasteiger partial charge in [0.1, 0.15) is 17.4 Å². The lowest BCUT2D eigenvalue weighted by molar-refractivity contribution is -0.143. The molecule has 0 spiro atoms. The van der Waals surface area contributed by atoms with Crippen LogP contribution >= 0.6 is 0 Å². The van der Waals surface area contributed by atoms with E-state index in [0.717, 1.165) is 50.2 Å². The van der Waals surface area contributed by atoms with Crippen molar-refractivity contribution in [3.8, 4) is 5.88 Å². The van der Waals surface area contributed by atoms with Gasteiger partial charge in [0.25, 0.3) is 5.56 Å². The molecule has 0 aromatic carbocycles. The van der Waals surface area contributed by atoms with Crippen LogP contribution in [0, 0.1) is 0 Å². The van der Waals surface area contributed by atoms with Crippen LogP contribution in [0.1, 0.15) is 49.8 Å². The zero-order valence-corrected chi connectivity index (χ0v) is 20.6. The van der Waals surface area contributed by atoms with Gasteiger partial charge in [-0.15, -0.1) is 0 Å². The number of carboxylic acids is 1. The van der Waals surface area contributed by atoms with E-state index in [2.05, 4.69) is 22.8 Å². The number of anilines is 1. The van der Waals surface area contributed by atoms with Crippen LogP contribution in [0.4, 0.5) is 5.82 Å². The highest BCUT2D eigenvalue weighted by molar-refractivity contribution is 5.91. The Balaban J connectivity index is 1.20. The monoisotopic (exact) mass is 498 g/mol. The molecular weight excluding hydrogens is 464 g/mol. The van der Waals surface area contributed by atoms with Crippen molar-refractivity contribution in [2.45, 2.75) is 62.9 Å². The van der Waals surface area contributed by atoms with E-state index in [4.69, 9.17) is 14.5 Å². The molecule has 3 heterocycles. The number of carbonyl (C=O) groups is 2. The summed E-state index contributed by atoms with van der Waals surface area (Å²) in [4.78, 5) is 41.9. The van der Waals surface area contributed by atoms with Gasteiger partial charge in [-0.25, -0.2) is 9.78 Å². The number of pyridine rings is 2. The minimum atomic E-state index is -1.14. The normalized spacial score (nSPS) is 16.4. The molecule has 1 fully saturated rings. The first-order valence-corrected chi connectivity index (χ1v) is 12.6. The topological polar surface area (TPSA) is 132 Å². The van der Waals surface area contributed by atoms with Crippen LogP contribution < -0.4 is 20.9 Å². The molecule has 1 aliphatic heterocycles. The number of aryl methyl sites for hydroxylation is 2. The largest absolute Gasteiger partial charge is 0.482 e. The summed E-state index contributed by atoms with van der Waals surface area (Å²) in [5.41, 5.74) is 0.855. The molecule has 1 aliphatic carbocycles. The summed E-state index contributed by atoms with van der Waals surface area (Å²) in [6.45, 7) is 1.68. The zero-order chi connectivity index (χ0) is 25.5. The first-order chi connectivity index (χ1) is 17.4. The number of amides is 1. The van der Waals surface area contributed by atoms with Gasteiger partial charge in [-0.3, -0.25) is 14.2 Å². The molecule has 10 heteroatoms. The molecule has 0 saturated heterocycles. The summed E-state index contributed by atoms with van der Waals surface area (Å²) >= 11 is 0. The van der Waals surface area contributed by atoms with Gasteiger partial charge in [0.05, 0.1) is 7.11 Å². The smallest absolute Gasteiger partial charge is 0.326 e. The Morgan fingerprint density at radius 2 is 2.06 bits per heavy atom. The van der Waals surface area contributed by atoms with Crippen molar-refractivity contribution in [1.29, 1.82) is 0 Å². The molecular formula is C26H34N4O6. The summed E-state index contributed by atoms with van der Waals surface area (Å²) in [6, 6.07) is 7.65. The number of fused-ring (bicyclic) bond motifs is 1. The maximum absolute atomic E-state index is 13.0. The Bertz CT molecular complexity index is 1140. The molecule has 1 saturated carbocycles. The van der Waals surface area contributed by atoms with Gasteiger partial charge in [-0.2, -0.15) is 0 Å². The van der Waals surface area contributed by atoms with Crippen molar-refractivity contribution in [2.75, 3.05) is 32.2 Å². The Hall–Kier alpha value is -3.40. The second-order valence-corrected chi connectivity index (χ2v) is 9.34. The average molecular weight is 499 g/mol. The van der Waals surface area contributed by atoms with Crippen molar-refractivity contribution in [1.82, 2.24) is 14.9 Å². The van der Waals surface area contributed by atoms with E-state index in [0.29, 0.717) is 19.4 Å². The lowest BCUT2D eigenvalue weighted by Gasteiger charge is -2.23. The van der Waals surface area contributed by atoms with Crippen LogP contribution in [-0.2, 0) is 32.7 Å². The van der Waals surface area contributed by atoms with E-state index >= 15 is 0 Å². The molecule has 1 amide bonds. The van der Waals surface area contributed by atoms with Crippen molar-refractivity contribution in [2.24, 2.45) is 0 Å². The zero-order valence-electron chi connectivity index (χ0n) is 20.6. The van der Waals surface area contributed by atoms with E-state index in [-0.39, 0.29) is 24.5 Å². The first kappa shape index (κ1) is 25.7.